The maximum Gasteiger partial charge on any atom is 0.0681 e. The van der Waals surface area contributed by atoms with Crippen molar-refractivity contribution >= 4 is 38.9 Å². The van der Waals surface area contributed by atoms with Crippen LogP contribution in [0.15, 0.2) is 10.5 Å². The van der Waals surface area contributed by atoms with Gasteiger partial charge < -0.3 is 0 Å². The van der Waals surface area contributed by atoms with E-state index < -0.39 is 0 Å². The molecule has 2 rings (SSSR count). The van der Waals surface area contributed by atoms with Gasteiger partial charge in [-0.2, -0.15) is 0 Å². The van der Waals surface area contributed by atoms with Crippen molar-refractivity contribution in [1.29, 1.82) is 0 Å². The minimum Gasteiger partial charge on any atom is -0.143 e. The molecule has 1 aliphatic rings. The van der Waals surface area contributed by atoms with Crippen LogP contribution in [-0.4, -0.2) is 0 Å². The van der Waals surface area contributed by atoms with Crippen LogP contribution in [0.3, 0.4) is 0 Å². The van der Waals surface area contributed by atoms with E-state index in [0.717, 1.165) is 12.3 Å². The summed E-state index contributed by atoms with van der Waals surface area (Å²) in [4.78, 5) is 2.66. The third-order valence-corrected chi connectivity index (χ3v) is 5.99. The number of rotatable bonds is 3. The molecule has 1 saturated carbocycles. The zero-order chi connectivity index (χ0) is 10.8. The molecule has 1 heterocycles. The van der Waals surface area contributed by atoms with E-state index in [9.17, 15) is 0 Å². The van der Waals surface area contributed by atoms with Gasteiger partial charge in [0.15, 0.2) is 0 Å². The molecule has 1 fully saturated rings. The fourth-order valence-corrected chi connectivity index (χ4v) is 4.29. The van der Waals surface area contributed by atoms with Crippen LogP contribution in [0.2, 0.25) is 0 Å². The van der Waals surface area contributed by atoms with Gasteiger partial charge in [-0.1, -0.05) is 25.7 Å². The molecule has 0 aliphatic heterocycles. The summed E-state index contributed by atoms with van der Waals surface area (Å²) >= 11 is 11.8. The first-order chi connectivity index (χ1) is 7.16. The largest absolute Gasteiger partial charge is 0.143 e. The van der Waals surface area contributed by atoms with Crippen LogP contribution in [0, 0.1) is 12.8 Å². The van der Waals surface area contributed by atoms with Crippen molar-refractivity contribution in [3.8, 4) is 0 Å². The van der Waals surface area contributed by atoms with Gasteiger partial charge in [0.2, 0.25) is 0 Å². The molecule has 84 valence electrons. The number of thiophene rings is 1. The number of aryl methyl sites for hydroxylation is 1. The van der Waals surface area contributed by atoms with Crippen LogP contribution < -0.4 is 0 Å². The molecule has 0 spiro atoms. The van der Waals surface area contributed by atoms with Crippen LogP contribution in [0.5, 0.6) is 0 Å². The van der Waals surface area contributed by atoms with Gasteiger partial charge in [-0.25, -0.2) is 0 Å². The predicted octanol–water partition coefficient (Wildman–Crippen LogP) is 5.68. The Morgan fingerprint density at radius 2 is 2.20 bits per heavy atom. The molecule has 0 aromatic carbocycles. The Kier molecular flexibility index (Phi) is 4.14. The van der Waals surface area contributed by atoms with Gasteiger partial charge in [-0.3, -0.25) is 0 Å². The van der Waals surface area contributed by atoms with Crippen LogP contribution in [-0.2, 0) is 0 Å². The molecule has 1 atom stereocenters. The van der Waals surface area contributed by atoms with E-state index >= 15 is 0 Å². The molecular formula is C12H16BrClS. The molecule has 0 N–H and O–H groups in total. The first kappa shape index (κ1) is 11.9. The maximum atomic E-state index is 6.46. The van der Waals surface area contributed by atoms with Crippen molar-refractivity contribution in [2.75, 3.05) is 0 Å². The summed E-state index contributed by atoms with van der Waals surface area (Å²) in [7, 11) is 0. The summed E-state index contributed by atoms with van der Waals surface area (Å²) in [6.07, 6.45) is 6.74. The summed E-state index contributed by atoms with van der Waals surface area (Å²) in [5, 5.41) is 0.225. The smallest absolute Gasteiger partial charge is 0.0681 e. The average molecular weight is 308 g/mol. The van der Waals surface area contributed by atoms with Crippen molar-refractivity contribution in [2.45, 2.75) is 44.4 Å². The first-order valence-corrected chi connectivity index (χ1v) is 7.61. The Bertz CT molecular complexity index is 309. The van der Waals surface area contributed by atoms with Crippen molar-refractivity contribution in [3.63, 3.8) is 0 Å². The number of hydrogen-bond donors (Lipinski definition) is 0. The maximum absolute atomic E-state index is 6.46. The highest BCUT2D eigenvalue weighted by Crippen LogP contribution is 2.40. The molecule has 0 bridgehead atoms. The van der Waals surface area contributed by atoms with E-state index in [1.807, 2.05) is 11.3 Å². The first-order valence-electron chi connectivity index (χ1n) is 5.56. The molecule has 1 unspecified atom stereocenters. The van der Waals surface area contributed by atoms with Crippen LogP contribution in [0.1, 0.15) is 47.2 Å². The topological polar surface area (TPSA) is 0 Å². The van der Waals surface area contributed by atoms with Crippen molar-refractivity contribution in [2.24, 2.45) is 5.92 Å². The monoisotopic (exact) mass is 306 g/mol. The lowest BCUT2D eigenvalue weighted by atomic mass is 10.0. The SMILES string of the molecule is Cc1sc(C(Cl)CC2CCCC2)cc1Br. The molecule has 1 aliphatic carbocycles. The Hall–Kier alpha value is 0.470. The second kappa shape index (κ2) is 5.20. The van der Waals surface area contributed by atoms with E-state index in [1.165, 1.54) is 39.9 Å². The highest BCUT2D eigenvalue weighted by atomic mass is 79.9. The van der Waals surface area contributed by atoms with Gasteiger partial charge in [-0.15, -0.1) is 22.9 Å². The average Bonchev–Trinajstić information content (AvgIpc) is 2.78. The summed E-state index contributed by atoms with van der Waals surface area (Å²) < 4.78 is 1.21. The fraction of sp³-hybridized carbons (Fsp3) is 0.667. The number of hydrogen-bond acceptors (Lipinski definition) is 1. The zero-order valence-electron chi connectivity index (χ0n) is 8.93. The third-order valence-electron chi connectivity index (χ3n) is 3.20. The lowest BCUT2D eigenvalue weighted by molar-refractivity contribution is 0.498. The van der Waals surface area contributed by atoms with E-state index in [0.29, 0.717) is 0 Å². The van der Waals surface area contributed by atoms with Gasteiger partial charge >= 0.3 is 0 Å². The minimum absolute atomic E-state index is 0.225. The quantitative estimate of drug-likeness (QED) is 0.630. The Morgan fingerprint density at radius 3 is 2.73 bits per heavy atom. The van der Waals surface area contributed by atoms with Gasteiger partial charge in [-0.05, 0) is 41.3 Å². The second-order valence-corrected chi connectivity index (χ2v) is 7.08. The van der Waals surface area contributed by atoms with Crippen molar-refractivity contribution < 1.29 is 0 Å². The standard InChI is InChI=1S/C12H16BrClS/c1-8-10(13)7-12(15-8)11(14)6-9-4-2-3-5-9/h7,9,11H,2-6H2,1H3. The summed E-state index contributed by atoms with van der Waals surface area (Å²) in [5.41, 5.74) is 0. The van der Waals surface area contributed by atoms with Gasteiger partial charge in [0.1, 0.15) is 0 Å². The molecule has 1 aromatic rings. The van der Waals surface area contributed by atoms with E-state index in [4.69, 9.17) is 11.6 Å². The molecule has 3 heteroatoms. The molecule has 0 radical (unpaired) electrons. The predicted molar refractivity (Wildman–Crippen MR) is 71.9 cm³/mol. The normalized spacial score (nSPS) is 19.7. The Morgan fingerprint density at radius 1 is 1.53 bits per heavy atom. The summed E-state index contributed by atoms with van der Waals surface area (Å²) in [6, 6.07) is 2.19. The highest BCUT2D eigenvalue weighted by Gasteiger charge is 2.21. The third kappa shape index (κ3) is 2.98. The summed E-state index contributed by atoms with van der Waals surface area (Å²) in [6.45, 7) is 2.14. The van der Waals surface area contributed by atoms with Crippen molar-refractivity contribution in [1.82, 2.24) is 0 Å². The van der Waals surface area contributed by atoms with Crippen LogP contribution in [0.4, 0.5) is 0 Å². The van der Waals surface area contributed by atoms with E-state index in [1.54, 1.807) is 0 Å². The fourth-order valence-electron chi connectivity index (χ4n) is 2.29. The molecule has 1 aromatic heterocycles. The second-order valence-electron chi connectivity index (χ2n) is 4.41. The number of halogens is 2. The molecule has 0 saturated heterocycles. The number of alkyl halides is 1. The van der Waals surface area contributed by atoms with Crippen LogP contribution in [0.25, 0.3) is 0 Å². The molecule has 15 heavy (non-hydrogen) atoms. The lowest BCUT2D eigenvalue weighted by Gasteiger charge is -2.12. The molecule has 0 amide bonds. The minimum atomic E-state index is 0.225. The zero-order valence-corrected chi connectivity index (χ0v) is 12.1. The Balaban J connectivity index is 1.97. The molecular weight excluding hydrogens is 292 g/mol. The van der Waals surface area contributed by atoms with Gasteiger partial charge in [0.25, 0.3) is 0 Å². The Labute approximate surface area is 109 Å². The van der Waals surface area contributed by atoms with Gasteiger partial charge in [0.05, 0.1) is 5.38 Å². The van der Waals surface area contributed by atoms with Gasteiger partial charge in [0, 0.05) is 14.2 Å². The van der Waals surface area contributed by atoms with E-state index in [-0.39, 0.29) is 5.38 Å². The lowest BCUT2D eigenvalue weighted by Crippen LogP contribution is -1.97. The van der Waals surface area contributed by atoms with E-state index in [2.05, 4.69) is 28.9 Å². The van der Waals surface area contributed by atoms with Crippen LogP contribution >= 0.6 is 38.9 Å². The summed E-state index contributed by atoms with van der Waals surface area (Å²) in [5.74, 6) is 0.869. The van der Waals surface area contributed by atoms with Crippen molar-refractivity contribution in [3.05, 3.63) is 20.3 Å². The molecule has 0 nitrogen and oxygen atoms in total. The highest BCUT2D eigenvalue weighted by molar-refractivity contribution is 9.10.